The normalized spacial score (nSPS) is 12.2. The van der Waals surface area contributed by atoms with Crippen molar-refractivity contribution < 1.29 is 4.52 Å². The molecule has 0 aliphatic rings. The molecule has 0 fully saturated rings. The van der Waals surface area contributed by atoms with Crippen molar-refractivity contribution in [1.29, 1.82) is 0 Å². The molecule has 0 aliphatic heterocycles. The Kier molecular flexibility index (Phi) is 5.25. The number of rotatable bonds is 5. The fourth-order valence-corrected chi connectivity index (χ4v) is 3.82. The predicted molar refractivity (Wildman–Crippen MR) is 110 cm³/mol. The van der Waals surface area contributed by atoms with Gasteiger partial charge in [-0.1, -0.05) is 70.5 Å². The lowest BCUT2D eigenvalue weighted by molar-refractivity contribution is 0.380. The van der Waals surface area contributed by atoms with Crippen LogP contribution in [0.2, 0.25) is 10.0 Å². The third kappa shape index (κ3) is 3.71. The van der Waals surface area contributed by atoms with Gasteiger partial charge in [0.15, 0.2) is 5.82 Å². The third-order valence-electron chi connectivity index (χ3n) is 3.94. The highest BCUT2D eigenvalue weighted by molar-refractivity contribution is 7.99. The van der Waals surface area contributed by atoms with E-state index >= 15 is 0 Å². The maximum Gasteiger partial charge on any atom is 0.240 e. The average Bonchev–Trinajstić information content (AvgIpc) is 3.31. The minimum absolute atomic E-state index is 0.176. The van der Waals surface area contributed by atoms with Gasteiger partial charge in [-0.25, -0.2) is 4.68 Å². The second-order valence-electron chi connectivity index (χ2n) is 5.88. The average molecular weight is 433 g/mol. The lowest BCUT2D eigenvalue weighted by atomic mass is 10.2. The molecule has 1 atom stereocenters. The number of aromatic nitrogens is 5. The maximum absolute atomic E-state index is 6.25. The van der Waals surface area contributed by atoms with Gasteiger partial charge in [-0.05, 0) is 25.1 Å². The number of thioether (sulfide) groups is 1. The summed E-state index contributed by atoms with van der Waals surface area (Å²) in [7, 11) is 0. The smallest absolute Gasteiger partial charge is 0.240 e. The molecule has 0 spiro atoms. The first-order chi connectivity index (χ1) is 13.5. The van der Waals surface area contributed by atoms with Crippen LogP contribution < -0.4 is 5.84 Å². The van der Waals surface area contributed by atoms with Gasteiger partial charge >= 0.3 is 0 Å². The second kappa shape index (κ2) is 7.83. The van der Waals surface area contributed by atoms with Gasteiger partial charge in [0.1, 0.15) is 0 Å². The van der Waals surface area contributed by atoms with Gasteiger partial charge in [0.2, 0.25) is 16.9 Å². The topological polar surface area (TPSA) is 95.7 Å². The summed E-state index contributed by atoms with van der Waals surface area (Å²) in [5, 5.41) is 13.6. The summed E-state index contributed by atoms with van der Waals surface area (Å²) < 4.78 is 6.78. The van der Waals surface area contributed by atoms with Crippen LogP contribution in [0.3, 0.4) is 0 Å². The molecule has 2 aromatic heterocycles. The standard InChI is InChI=1S/C18H14Cl2N6OS/c1-10(17-22-15(25-27-17)11-5-3-2-4-6-11)28-18-24-23-16(26(18)21)13-8-7-12(19)9-14(13)20/h2-10H,21H2,1H3. The van der Waals surface area contributed by atoms with Gasteiger partial charge in [0, 0.05) is 16.1 Å². The molecule has 0 aliphatic carbocycles. The van der Waals surface area contributed by atoms with Gasteiger partial charge in [-0.3, -0.25) is 0 Å². The zero-order valence-corrected chi connectivity index (χ0v) is 16.9. The van der Waals surface area contributed by atoms with Crippen molar-refractivity contribution in [3.05, 3.63) is 64.5 Å². The number of halogens is 2. The van der Waals surface area contributed by atoms with Crippen LogP contribution in [-0.2, 0) is 0 Å². The van der Waals surface area contributed by atoms with E-state index in [2.05, 4.69) is 20.3 Å². The van der Waals surface area contributed by atoms with Crippen LogP contribution in [0.4, 0.5) is 0 Å². The van der Waals surface area contributed by atoms with Crippen LogP contribution in [0.15, 0.2) is 58.2 Å². The van der Waals surface area contributed by atoms with E-state index in [4.69, 9.17) is 33.6 Å². The molecule has 0 saturated carbocycles. The highest BCUT2D eigenvalue weighted by atomic mass is 35.5. The number of benzene rings is 2. The fraction of sp³-hybridized carbons (Fsp3) is 0.111. The Balaban J connectivity index is 1.55. The molecule has 2 N–H and O–H groups in total. The highest BCUT2D eigenvalue weighted by Crippen LogP contribution is 2.35. The van der Waals surface area contributed by atoms with E-state index in [1.165, 1.54) is 16.4 Å². The predicted octanol–water partition coefficient (Wildman–Crippen LogP) is 4.87. The number of nitrogens with two attached hydrogens (primary N) is 1. The summed E-state index contributed by atoms with van der Waals surface area (Å²) in [6.45, 7) is 1.93. The number of hydrogen-bond acceptors (Lipinski definition) is 7. The van der Waals surface area contributed by atoms with Gasteiger partial charge < -0.3 is 10.4 Å². The molecular formula is C18H14Cl2N6OS. The van der Waals surface area contributed by atoms with Crippen molar-refractivity contribution >= 4 is 35.0 Å². The third-order valence-corrected chi connectivity index (χ3v) is 5.53. The van der Waals surface area contributed by atoms with E-state index in [1.54, 1.807) is 18.2 Å². The SMILES string of the molecule is CC(Sc1nnc(-c2ccc(Cl)cc2Cl)n1N)c1nc(-c2ccccc2)no1. The molecule has 2 aromatic carbocycles. The quantitative estimate of drug-likeness (QED) is 0.354. The lowest BCUT2D eigenvalue weighted by Gasteiger charge is -2.07. The van der Waals surface area contributed by atoms with Crippen molar-refractivity contribution in [3.63, 3.8) is 0 Å². The molecule has 10 heteroatoms. The molecule has 28 heavy (non-hydrogen) atoms. The van der Waals surface area contributed by atoms with Gasteiger partial charge in [0.25, 0.3) is 0 Å². The molecule has 4 aromatic rings. The van der Waals surface area contributed by atoms with Crippen LogP contribution >= 0.6 is 35.0 Å². The monoisotopic (exact) mass is 432 g/mol. The van der Waals surface area contributed by atoms with Gasteiger partial charge in [-0.15, -0.1) is 10.2 Å². The first kappa shape index (κ1) is 18.8. The molecule has 142 valence electrons. The first-order valence-corrected chi connectivity index (χ1v) is 9.88. The number of nitrogens with zero attached hydrogens (tertiary/aromatic N) is 5. The largest absolute Gasteiger partial charge is 0.338 e. The van der Waals surface area contributed by atoms with Crippen molar-refractivity contribution in [2.75, 3.05) is 5.84 Å². The summed E-state index contributed by atoms with van der Waals surface area (Å²) in [6.07, 6.45) is 0. The Morgan fingerprint density at radius 3 is 2.64 bits per heavy atom. The van der Waals surface area contributed by atoms with E-state index in [0.29, 0.717) is 38.3 Å². The molecule has 7 nitrogen and oxygen atoms in total. The molecule has 0 bridgehead atoms. The summed E-state index contributed by atoms with van der Waals surface area (Å²) in [5.41, 5.74) is 1.53. The van der Waals surface area contributed by atoms with E-state index < -0.39 is 0 Å². The molecular weight excluding hydrogens is 419 g/mol. The molecule has 1 unspecified atom stereocenters. The highest BCUT2D eigenvalue weighted by Gasteiger charge is 2.21. The summed E-state index contributed by atoms with van der Waals surface area (Å²) in [5.74, 6) is 7.62. The Labute approximate surface area is 174 Å². The summed E-state index contributed by atoms with van der Waals surface area (Å²) >= 11 is 13.5. The molecule has 2 heterocycles. The van der Waals surface area contributed by atoms with Gasteiger partial charge in [0.05, 0.1) is 10.3 Å². The summed E-state index contributed by atoms with van der Waals surface area (Å²) in [6, 6.07) is 14.7. The van der Waals surface area contributed by atoms with Crippen molar-refractivity contribution in [2.45, 2.75) is 17.3 Å². The first-order valence-electron chi connectivity index (χ1n) is 8.24. The van der Waals surface area contributed by atoms with Gasteiger partial charge in [-0.2, -0.15) is 4.98 Å². The zero-order chi connectivity index (χ0) is 19.7. The minimum atomic E-state index is -0.176. The molecule has 0 saturated heterocycles. The van der Waals surface area contributed by atoms with Crippen LogP contribution in [0.5, 0.6) is 0 Å². The Hall–Kier alpha value is -2.55. The molecule has 4 rings (SSSR count). The van der Waals surface area contributed by atoms with Crippen LogP contribution in [-0.4, -0.2) is 25.0 Å². The fourth-order valence-electron chi connectivity index (χ4n) is 2.53. The van der Waals surface area contributed by atoms with E-state index in [0.717, 1.165) is 5.56 Å². The Morgan fingerprint density at radius 1 is 1.11 bits per heavy atom. The zero-order valence-electron chi connectivity index (χ0n) is 14.6. The Bertz CT molecular complexity index is 1110. The van der Waals surface area contributed by atoms with Crippen LogP contribution in [0.1, 0.15) is 18.1 Å². The minimum Gasteiger partial charge on any atom is -0.338 e. The lowest BCUT2D eigenvalue weighted by Crippen LogP contribution is -2.12. The number of nitrogen functional groups attached to an aromatic ring is 1. The van der Waals surface area contributed by atoms with Crippen molar-refractivity contribution in [2.24, 2.45) is 0 Å². The van der Waals surface area contributed by atoms with E-state index in [9.17, 15) is 0 Å². The molecule has 0 radical (unpaired) electrons. The van der Waals surface area contributed by atoms with Crippen LogP contribution in [0, 0.1) is 0 Å². The summed E-state index contributed by atoms with van der Waals surface area (Å²) in [4.78, 5) is 4.46. The van der Waals surface area contributed by atoms with E-state index in [-0.39, 0.29) is 5.25 Å². The molecule has 0 amide bonds. The van der Waals surface area contributed by atoms with Crippen LogP contribution in [0.25, 0.3) is 22.8 Å². The van der Waals surface area contributed by atoms with Crippen molar-refractivity contribution in [1.82, 2.24) is 25.0 Å². The van der Waals surface area contributed by atoms with Crippen molar-refractivity contribution in [3.8, 4) is 22.8 Å². The van der Waals surface area contributed by atoms with E-state index in [1.807, 2.05) is 37.3 Å². The Morgan fingerprint density at radius 2 is 1.89 bits per heavy atom. The maximum atomic E-state index is 6.25. The second-order valence-corrected chi connectivity index (χ2v) is 8.03. The number of hydrogen-bond donors (Lipinski definition) is 1.